The summed E-state index contributed by atoms with van der Waals surface area (Å²) in [6.07, 6.45) is 3.56. The van der Waals surface area contributed by atoms with Crippen LogP contribution in [0.3, 0.4) is 0 Å². The first-order valence-electron chi connectivity index (χ1n) is 11.4. The van der Waals surface area contributed by atoms with Crippen LogP contribution in [0, 0.1) is 0 Å². The van der Waals surface area contributed by atoms with E-state index < -0.39 is 0 Å². The molecule has 2 atom stereocenters. The van der Waals surface area contributed by atoms with Crippen molar-refractivity contribution in [3.8, 4) is 11.9 Å². The van der Waals surface area contributed by atoms with Gasteiger partial charge in [0.25, 0.3) is 5.91 Å². The zero-order valence-electron chi connectivity index (χ0n) is 20.4. The molecule has 4 aromatic rings. The van der Waals surface area contributed by atoms with E-state index in [-0.39, 0.29) is 11.9 Å². The summed E-state index contributed by atoms with van der Waals surface area (Å²) in [6, 6.07) is 6.37. The van der Waals surface area contributed by atoms with Gasteiger partial charge in [-0.25, -0.2) is 4.98 Å². The first-order valence-corrected chi connectivity index (χ1v) is 11.4. The van der Waals surface area contributed by atoms with Crippen molar-refractivity contribution < 1.29 is 14.3 Å². The number of rotatable bonds is 5. The molecule has 1 aliphatic heterocycles. The van der Waals surface area contributed by atoms with Gasteiger partial charge in [0.05, 0.1) is 25.3 Å². The topological polar surface area (TPSA) is 119 Å². The van der Waals surface area contributed by atoms with E-state index >= 15 is 0 Å². The average Bonchev–Trinajstić information content (AvgIpc) is 3.21. The van der Waals surface area contributed by atoms with Crippen LogP contribution in [-0.4, -0.2) is 70.0 Å². The van der Waals surface area contributed by atoms with Gasteiger partial charge in [-0.15, -0.1) is 0 Å². The largest absolute Gasteiger partial charge is 0.479 e. The van der Waals surface area contributed by atoms with Crippen molar-refractivity contribution in [2.75, 3.05) is 37.5 Å². The van der Waals surface area contributed by atoms with Gasteiger partial charge in [-0.2, -0.15) is 15.1 Å². The van der Waals surface area contributed by atoms with Crippen molar-refractivity contribution in [3.63, 3.8) is 0 Å². The molecule has 182 valence electrons. The maximum absolute atomic E-state index is 13.4. The third-order valence-electron chi connectivity index (χ3n) is 6.04. The van der Waals surface area contributed by atoms with Crippen LogP contribution in [0.15, 0.2) is 30.6 Å². The highest BCUT2D eigenvalue weighted by molar-refractivity contribution is 6.14. The number of hydrogen-bond acceptors (Lipinski definition) is 9. The number of nitrogens with zero attached hydrogens (tertiary/aromatic N) is 6. The van der Waals surface area contributed by atoms with Crippen LogP contribution < -0.4 is 25.0 Å². The summed E-state index contributed by atoms with van der Waals surface area (Å²) < 4.78 is 12.3. The Morgan fingerprint density at radius 1 is 1.11 bits per heavy atom. The molecule has 1 amide bonds. The molecule has 1 fully saturated rings. The number of benzene rings is 1. The number of amides is 1. The number of carbonyl (C=O) groups excluding carboxylic acids is 1. The van der Waals surface area contributed by atoms with Crippen molar-refractivity contribution in [2.45, 2.75) is 25.9 Å². The van der Waals surface area contributed by atoms with Crippen molar-refractivity contribution >= 4 is 39.2 Å². The molecule has 0 bridgehead atoms. The first kappa shape index (κ1) is 22.8. The summed E-state index contributed by atoms with van der Waals surface area (Å²) >= 11 is 0. The van der Waals surface area contributed by atoms with E-state index in [1.54, 1.807) is 23.0 Å². The second-order valence-electron chi connectivity index (χ2n) is 8.84. The van der Waals surface area contributed by atoms with Crippen LogP contribution in [0.1, 0.15) is 24.2 Å². The van der Waals surface area contributed by atoms with Crippen LogP contribution >= 0.6 is 0 Å². The Kier molecular flexibility index (Phi) is 5.85. The highest BCUT2D eigenvalue weighted by atomic mass is 16.5. The van der Waals surface area contributed by atoms with Crippen LogP contribution in [0.25, 0.3) is 21.8 Å². The number of carbonyl (C=O) groups is 1. The molecule has 4 heterocycles. The molecule has 35 heavy (non-hydrogen) atoms. The Morgan fingerprint density at radius 2 is 1.89 bits per heavy atom. The Bertz CT molecular complexity index is 1410. The predicted octanol–water partition coefficient (Wildman–Crippen LogP) is 2.37. The number of pyridine rings is 1. The lowest BCUT2D eigenvalue weighted by molar-refractivity contribution is 0.102. The van der Waals surface area contributed by atoms with E-state index in [9.17, 15) is 4.79 Å². The number of ether oxygens (including phenoxy) is 2. The monoisotopic (exact) mass is 476 g/mol. The van der Waals surface area contributed by atoms with Gasteiger partial charge in [-0.3, -0.25) is 9.48 Å². The number of fused-ring (bicyclic) bond motifs is 2. The molecule has 1 aliphatic rings. The van der Waals surface area contributed by atoms with Gasteiger partial charge in [0, 0.05) is 61.1 Å². The molecule has 1 saturated heterocycles. The van der Waals surface area contributed by atoms with Crippen molar-refractivity contribution in [1.29, 1.82) is 0 Å². The quantitative estimate of drug-likeness (QED) is 0.447. The molecular weight excluding hydrogens is 448 g/mol. The summed E-state index contributed by atoms with van der Waals surface area (Å²) in [5.74, 6) is 0.349. The maximum Gasteiger partial charge on any atom is 0.316 e. The zero-order chi connectivity index (χ0) is 24.7. The molecule has 0 saturated carbocycles. The molecule has 0 aliphatic carbocycles. The number of nitrogens with one attached hydrogen (secondary N) is 2. The molecule has 1 aromatic carbocycles. The Labute approximate surface area is 202 Å². The van der Waals surface area contributed by atoms with Crippen LogP contribution in [0.4, 0.5) is 11.5 Å². The van der Waals surface area contributed by atoms with E-state index in [4.69, 9.17) is 9.47 Å². The molecular formula is C24H28N8O3. The van der Waals surface area contributed by atoms with Crippen molar-refractivity contribution in [1.82, 2.24) is 30.0 Å². The smallest absolute Gasteiger partial charge is 0.316 e. The minimum Gasteiger partial charge on any atom is -0.479 e. The second-order valence-corrected chi connectivity index (χ2v) is 8.84. The van der Waals surface area contributed by atoms with Crippen molar-refractivity contribution in [3.05, 3.63) is 36.2 Å². The molecule has 0 unspecified atom stereocenters. The lowest BCUT2D eigenvalue weighted by Gasteiger charge is -2.38. The fraction of sp³-hybridized carbons (Fsp3) is 0.375. The zero-order valence-corrected chi connectivity index (χ0v) is 20.4. The van der Waals surface area contributed by atoms with Crippen LogP contribution in [-0.2, 0) is 7.05 Å². The molecule has 0 spiro atoms. The number of aromatic nitrogens is 5. The van der Waals surface area contributed by atoms with Gasteiger partial charge < -0.3 is 25.0 Å². The van der Waals surface area contributed by atoms with Crippen molar-refractivity contribution in [2.24, 2.45) is 7.05 Å². The molecule has 5 rings (SSSR count). The minimum absolute atomic E-state index is 0.197. The molecule has 0 radical (unpaired) electrons. The lowest BCUT2D eigenvalue weighted by Crippen LogP contribution is -2.54. The van der Waals surface area contributed by atoms with Gasteiger partial charge in [0.2, 0.25) is 5.88 Å². The number of aryl methyl sites for hydroxylation is 1. The number of methoxy groups -OCH3 is 2. The van der Waals surface area contributed by atoms with E-state index in [0.29, 0.717) is 40.4 Å². The first-order chi connectivity index (χ1) is 16.9. The Balaban J connectivity index is 1.55. The summed E-state index contributed by atoms with van der Waals surface area (Å²) in [5.41, 5.74) is 2.52. The van der Waals surface area contributed by atoms with E-state index in [0.717, 1.165) is 29.5 Å². The Morgan fingerprint density at radius 3 is 2.60 bits per heavy atom. The summed E-state index contributed by atoms with van der Waals surface area (Å²) in [6.45, 7) is 6.00. The van der Waals surface area contributed by atoms with Gasteiger partial charge in [0.1, 0.15) is 5.82 Å². The summed E-state index contributed by atoms with van der Waals surface area (Å²) in [7, 11) is 4.84. The number of piperazine rings is 1. The minimum atomic E-state index is -0.345. The van der Waals surface area contributed by atoms with Gasteiger partial charge in [0.15, 0.2) is 5.52 Å². The third kappa shape index (κ3) is 4.30. The number of hydrogen-bond donors (Lipinski definition) is 2. The lowest BCUT2D eigenvalue weighted by atomic mass is 10.0. The highest BCUT2D eigenvalue weighted by Crippen LogP contribution is 2.31. The molecule has 2 N–H and O–H groups in total. The third-order valence-corrected chi connectivity index (χ3v) is 6.04. The van der Waals surface area contributed by atoms with E-state index in [1.165, 1.54) is 14.2 Å². The molecule has 11 nitrogen and oxygen atoms in total. The summed E-state index contributed by atoms with van der Waals surface area (Å²) in [4.78, 5) is 29.0. The molecule has 3 aromatic heterocycles. The van der Waals surface area contributed by atoms with Crippen LogP contribution in [0.5, 0.6) is 11.9 Å². The fourth-order valence-electron chi connectivity index (χ4n) is 4.68. The molecule has 11 heteroatoms. The highest BCUT2D eigenvalue weighted by Gasteiger charge is 2.25. The van der Waals surface area contributed by atoms with E-state index in [1.807, 2.05) is 19.3 Å². The number of anilines is 2. The van der Waals surface area contributed by atoms with Gasteiger partial charge in [-0.1, -0.05) is 0 Å². The average molecular weight is 477 g/mol. The second kappa shape index (κ2) is 8.99. The normalized spacial score (nSPS) is 18.1. The Hall–Kier alpha value is -3.99. The maximum atomic E-state index is 13.4. The van der Waals surface area contributed by atoms with Crippen LogP contribution in [0.2, 0.25) is 0 Å². The SMILES string of the molecule is COc1ncc2c(N3C[C@@H](C)N[C@@H](C)C3)ccc(C(=O)Nc3cc4cn(C)nc4c(OC)n3)c2n1. The van der Waals surface area contributed by atoms with Gasteiger partial charge >= 0.3 is 6.01 Å². The standard InChI is InChI=1S/C24H28N8O3/c1-13-10-32(11-14(2)26-13)18-7-6-16(21-17(18)9-25-24(29-21)35-5)22(33)27-19-8-15-12-31(3)30-20(15)23(28-19)34-4/h6-9,12-14,26H,10-11H2,1-5H3,(H,27,33)/t13-,14+. The predicted molar refractivity (Wildman–Crippen MR) is 133 cm³/mol. The van der Waals surface area contributed by atoms with E-state index in [2.05, 4.69) is 49.4 Å². The van der Waals surface area contributed by atoms with Gasteiger partial charge in [-0.05, 0) is 32.0 Å². The fourth-order valence-corrected chi connectivity index (χ4v) is 4.68. The summed E-state index contributed by atoms with van der Waals surface area (Å²) in [5, 5.41) is 12.4.